The van der Waals surface area contributed by atoms with Crippen molar-refractivity contribution in [3.8, 4) is 0 Å². The van der Waals surface area contributed by atoms with Crippen LogP contribution in [-0.4, -0.2) is 21.4 Å². The summed E-state index contributed by atoms with van der Waals surface area (Å²) in [5, 5.41) is 2.95. The number of aromatic nitrogens is 3. The first-order valence-corrected chi connectivity index (χ1v) is 3.58. The molecule has 0 spiro atoms. The summed E-state index contributed by atoms with van der Waals surface area (Å²) in [5.41, 5.74) is 7.19. The molecule has 5 heteroatoms. The molecule has 0 saturated heterocycles. The highest BCUT2D eigenvalue weighted by Gasteiger charge is 2.04. The fourth-order valence-electron chi connectivity index (χ4n) is 1.14. The van der Waals surface area contributed by atoms with E-state index in [-0.39, 0.29) is 0 Å². The third kappa shape index (κ3) is 0.795. The zero-order valence-electron chi connectivity index (χ0n) is 6.65. The second kappa shape index (κ2) is 2.37. The lowest BCUT2D eigenvalue weighted by Gasteiger charge is -2.04. The molecule has 12 heavy (non-hydrogen) atoms. The van der Waals surface area contributed by atoms with Gasteiger partial charge in [0.1, 0.15) is 12.0 Å². The van der Waals surface area contributed by atoms with E-state index in [0.717, 1.165) is 11.3 Å². The lowest BCUT2D eigenvalue weighted by molar-refractivity contribution is 1.09. The molecule has 2 rings (SSSR count). The Labute approximate surface area is 69.2 Å². The highest BCUT2D eigenvalue weighted by Crippen LogP contribution is 2.19. The molecule has 2 aromatic rings. The molecule has 0 aliphatic carbocycles. The van der Waals surface area contributed by atoms with E-state index in [4.69, 9.17) is 5.73 Å². The smallest absolute Gasteiger partial charge is 0.165 e. The highest BCUT2D eigenvalue weighted by molar-refractivity contribution is 5.77. The standard InChI is InChI=1S/C7H9N5/c1-9-5-6(8)11-4-12-3-2-10-7(5)12/h2-4,9H,8H2,1H3. The number of hydrogen-bond donors (Lipinski definition) is 2. The zero-order valence-corrected chi connectivity index (χ0v) is 6.65. The quantitative estimate of drug-likeness (QED) is 0.636. The van der Waals surface area contributed by atoms with Gasteiger partial charge in [0, 0.05) is 19.4 Å². The fraction of sp³-hybridized carbons (Fsp3) is 0.143. The molecule has 0 saturated carbocycles. The number of hydrogen-bond acceptors (Lipinski definition) is 4. The molecule has 5 nitrogen and oxygen atoms in total. The van der Waals surface area contributed by atoms with Gasteiger partial charge in [-0.15, -0.1) is 0 Å². The highest BCUT2D eigenvalue weighted by atomic mass is 15.1. The minimum Gasteiger partial charge on any atom is -0.382 e. The second-order valence-electron chi connectivity index (χ2n) is 2.41. The maximum Gasteiger partial charge on any atom is 0.165 e. The molecule has 0 unspecified atom stereocenters. The number of rotatable bonds is 1. The average Bonchev–Trinajstić information content (AvgIpc) is 2.52. The van der Waals surface area contributed by atoms with E-state index in [2.05, 4.69) is 15.3 Å². The van der Waals surface area contributed by atoms with Gasteiger partial charge in [-0.2, -0.15) is 0 Å². The summed E-state index contributed by atoms with van der Waals surface area (Å²) in [5.74, 6) is 0.469. The largest absolute Gasteiger partial charge is 0.382 e. The fourth-order valence-corrected chi connectivity index (χ4v) is 1.14. The summed E-state index contributed by atoms with van der Waals surface area (Å²) in [6.45, 7) is 0. The predicted octanol–water partition coefficient (Wildman–Crippen LogP) is 0.353. The Morgan fingerprint density at radius 1 is 1.50 bits per heavy atom. The lowest BCUT2D eigenvalue weighted by atomic mass is 10.4. The maximum absolute atomic E-state index is 5.63. The van der Waals surface area contributed by atoms with Gasteiger partial charge in [-0.25, -0.2) is 9.97 Å². The van der Waals surface area contributed by atoms with E-state index in [1.54, 1.807) is 19.6 Å². The topological polar surface area (TPSA) is 68.2 Å². The van der Waals surface area contributed by atoms with Crippen molar-refractivity contribution in [2.24, 2.45) is 0 Å². The molecule has 0 aliphatic rings. The van der Waals surface area contributed by atoms with Gasteiger partial charge in [0.05, 0.1) is 0 Å². The van der Waals surface area contributed by atoms with Gasteiger partial charge >= 0.3 is 0 Å². The number of fused-ring (bicyclic) bond motifs is 1. The van der Waals surface area contributed by atoms with Gasteiger partial charge in [0.25, 0.3) is 0 Å². The summed E-state index contributed by atoms with van der Waals surface area (Å²) in [6.07, 6.45) is 5.17. The molecule has 3 N–H and O–H groups in total. The molecule has 0 fully saturated rings. The molecule has 0 bridgehead atoms. The number of anilines is 2. The number of nitrogens with zero attached hydrogens (tertiary/aromatic N) is 3. The van der Waals surface area contributed by atoms with E-state index >= 15 is 0 Å². The SMILES string of the molecule is CNc1c(N)ncn2ccnc12. The molecular formula is C7H9N5. The first-order chi connectivity index (χ1) is 5.83. The Balaban J connectivity index is 2.83. The third-order valence-corrected chi connectivity index (χ3v) is 1.72. The van der Waals surface area contributed by atoms with Crippen LogP contribution in [0.15, 0.2) is 18.7 Å². The molecule has 0 atom stereocenters. The van der Waals surface area contributed by atoms with Gasteiger partial charge in [-0.1, -0.05) is 0 Å². The summed E-state index contributed by atoms with van der Waals surface area (Å²) in [6, 6.07) is 0. The molecule has 0 aliphatic heterocycles. The maximum atomic E-state index is 5.63. The normalized spacial score (nSPS) is 10.4. The number of imidazole rings is 1. The number of nitrogens with one attached hydrogen (secondary N) is 1. The van der Waals surface area contributed by atoms with Crippen molar-refractivity contribution in [1.29, 1.82) is 0 Å². The molecule has 2 heterocycles. The van der Waals surface area contributed by atoms with E-state index in [0.29, 0.717) is 5.82 Å². The molecule has 0 aromatic carbocycles. The predicted molar refractivity (Wildman–Crippen MR) is 46.9 cm³/mol. The van der Waals surface area contributed by atoms with Crippen LogP contribution in [0.2, 0.25) is 0 Å². The lowest BCUT2D eigenvalue weighted by Crippen LogP contribution is -2.01. The van der Waals surface area contributed by atoms with Crippen molar-refractivity contribution < 1.29 is 0 Å². The van der Waals surface area contributed by atoms with Gasteiger partial charge < -0.3 is 11.1 Å². The molecular weight excluding hydrogens is 154 g/mol. The van der Waals surface area contributed by atoms with Crippen LogP contribution in [0, 0.1) is 0 Å². The Hall–Kier alpha value is -1.78. The van der Waals surface area contributed by atoms with Crippen LogP contribution >= 0.6 is 0 Å². The van der Waals surface area contributed by atoms with Gasteiger partial charge in [0.2, 0.25) is 0 Å². The Morgan fingerprint density at radius 2 is 2.33 bits per heavy atom. The van der Waals surface area contributed by atoms with Crippen molar-refractivity contribution >= 4 is 17.2 Å². The van der Waals surface area contributed by atoms with Crippen LogP contribution in [0.4, 0.5) is 11.5 Å². The minimum absolute atomic E-state index is 0.469. The molecule has 0 radical (unpaired) electrons. The van der Waals surface area contributed by atoms with Crippen LogP contribution in [-0.2, 0) is 0 Å². The zero-order chi connectivity index (χ0) is 8.55. The van der Waals surface area contributed by atoms with E-state index in [9.17, 15) is 0 Å². The van der Waals surface area contributed by atoms with Crippen LogP contribution in [0.1, 0.15) is 0 Å². The van der Waals surface area contributed by atoms with Crippen molar-refractivity contribution in [3.05, 3.63) is 18.7 Å². The van der Waals surface area contributed by atoms with E-state index in [1.807, 2.05) is 10.6 Å². The Kier molecular flexibility index (Phi) is 1.36. The number of nitrogens with two attached hydrogens (primary N) is 1. The van der Waals surface area contributed by atoms with Gasteiger partial charge in [0.15, 0.2) is 11.5 Å². The molecule has 62 valence electrons. The van der Waals surface area contributed by atoms with Crippen molar-refractivity contribution in [2.75, 3.05) is 18.1 Å². The van der Waals surface area contributed by atoms with E-state index in [1.165, 1.54) is 0 Å². The number of nitrogen functional groups attached to an aromatic ring is 1. The second-order valence-corrected chi connectivity index (χ2v) is 2.41. The molecule has 0 amide bonds. The first kappa shape index (κ1) is 6.90. The van der Waals surface area contributed by atoms with Crippen LogP contribution < -0.4 is 11.1 Å². The Morgan fingerprint density at radius 3 is 3.08 bits per heavy atom. The average molecular weight is 163 g/mol. The van der Waals surface area contributed by atoms with Crippen LogP contribution in [0.5, 0.6) is 0 Å². The van der Waals surface area contributed by atoms with E-state index < -0.39 is 0 Å². The third-order valence-electron chi connectivity index (χ3n) is 1.72. The van der Waals surface area contributed by atoms with Crippen LogP contribution in [0.3, 0.4) is 0 Å². The monoisotopic (exact) mass is 163 g/mol. The Bertz CT molecular complexity index is 405. The summed E-state index contributed by atoms with van der Waals surface area (Å²) in [4.78, 5) is 8.12. The molecule has 2 aromatic heterocycles. The van der Waals surface area contributed by atoms with Gasteiger partial charge in [-0.05, 0) is 0 Å². The van der Waals surface area contributed by atoms with Crippen molar-refractivity contribution in [2.45, 2.75) is 0 Å². The summed E-state index contributed by atoms with van der Waals surface area (Å²) >= 11 is 0. The van der Waals surface area contributed by atoms with Crippen LogP contribution in [0.25, 0.3) is 5.65 Å². The summed E-state index contributed by atoms with van der Waals surface area (Å²) in [7, 11) is 1.79. The van der Waals surface area contributed by atoms with Crippen molar-refractivity contribution in [1.82, 2.24) is 14.4 Å². The van der Waals surface area contributed by atoms with Gasteiger partial charge in [-0.3, -0.25) is 4.40 Å². The van der Waals surface area contributed by atoms with Crippen molar-refractivity contribution in [3.63, 3.8) is 0 Å². The summed E-state index contributed by atoms with van der Waals surface area (Å²) < 4.78 is 1.81. The minimum atomic E-state index is 0.469. The first-order valence-electron chi connectivity index (χ1n) is 3.58.